The number of nitrogens with one attached hydrogen (secondary N) is 2. The molecule has 0 radical (unpaired) electrons. The van der Waals surface area contributed by atoms with Crippen molar-refractivity contribution >= 4 is 23.2 Å². The highest BCUT2D eigenvalue weighted by Crippen LogP contribution is 2.26. The number of carbonyl (C=O) groups excluding carboxylic acids is 2. The number of benzene rings is 3. The van der Waals surface area contributed by atoms with E-state index in [0.717, 1.165) is 42.2 Å². The van der Waals surface area contributed by atoms with E-state index in [0.29, 0.717) is 23.4 Å². The molecular formula is C49H74N4O4. The number of azo groups is 1. The molecule has 314 valence electrons. The fourth-order valence-corrected chi connectivity index (χ4v) is 6.85. The summed E-state index contributed by atoms with van der Waals surface area (Å²) < 4.78 is 11.9. The van der Waals surface area contributed by atoms with Gasteiger partial charge in [0.1, 0.15) is 11.5 Å². The smallest absolute Gasteiger partial charge is 0.269 e. The SMILES string of the molecule is CCCCCCCCCCCCCCOc1ccc(C(=O)NNC(=O)c2ccc(N=Nc3ccc(OCCCCCCCCCCCCCC)cc3C)cc2)cc1. The largest absolute Gasteiger partial charge is 0.494 e. The van der Waals surface area contributed by atoms with E-state index >= 15 is 0 Å². The summed E-state index contributed by atoms with van der Waals surface area (Å²) >= 11 is 0. The van der Waals surface area contributed by atoms with E-state index in [4.69, 9.17) is 9.47 Å². The van der Waals surface area contributed by atoms with Gasteiger partial charge in [0.15, 0.2) is 0 Å². The molecule has 2 amide bonds. The second-order valence-corrected chi connectivity index (χ2v) is 15.6. The van der Waals surface area contributed by atoms with Crippen molar-refractivity contribution in [2.75, 3.05) is 13.2 Å². The summed E-state index contributed by atoms with van der Waals surface area (Å²) in [6.45, 7) is 7.93. The summed E-state index contributed by atoms with van der Waals surface area (Å²) in [5, 5.41) is 8.76. The van der Waals surface area contributed by atoms with Crippen LogP contribution in [-0.2, 0) is 0 Å². The van der Waals surface area contributed by atoms with Crippen LogP contribution in [0.25, 0.3) is 0 Å². The van der Waals surface area contributed by atoms with Crippen LogP contribution in [0.2, 0.25) is 0 Å². The number of ether oxygens (including phenoxy) is 2. The van der Waals surface area contributed by atoms with Crippen LogP contribution in [0, 0.1) is 6.92 Å². The van der Waals surface area contributed by atoms with Crippen molar-refractivity contribution in [2.45, 2.75) is 175 Å². The zero-order valence-corrected chi connectivity index (χ0v) is 35.8. The fourth-order valence-electron chi connectivity index (χ4n) is 6.85. The highest BCUT2D eigenvalue weighted by atomic mass is 16.5. The van der Waals surface area contributed by atoms with E-state index in [1.807, 2.05) is 25.1 Å². The zero-order chi connectivity index (χ0) is 40.6. The van der Waals surface area contributed by atoms with Gasteiger partial charge in [-0.2, -0.15) is 10.2 Å². The lowest BCUT2D eigenvalue weighted by atomic mass is 10.1. The molecule has 0 aromatic heterocycles. The first-order valence-electron chi connectivity index (χ1n) is 22.6. The maximum atomic E-state index is 12.7. The van der Waals surface area contributed by atoms with E-state index in [2.05, 4.69) is 34.9 Å². The van der Waals surface area contributed by atoms with Gasteiger partial charge in [-0.05, 0) is 92.1 Å². The number of nitrogens with zero attached hydrogens (tertiary/aromatic N) is 2. The first-order valence-corrected chi connectivity index (χ1v) is 22.6. The Morgan fingerprint density at radius 3 is 1.25 bits per heavy atom. The molecule has 2 N–H and O–H groups in total. The molecule has 0 aliphatic carbocycles. The minimum absolute atomic E-state index is 0.390. The molecule has 0 saturated carbocycles. The molecule has 57 heavy (non-hydrogen) atoms. The summed E-state index contributed by atoms with van der Waals surface area (Å²) in [6, 6.07) is 19.6. The van der Waals surface area contributed by atoms with Crippen LogP contribution in [0.4, 0.5) is 11.4 Å². The third-order valence-electron chi connectivity index (χ3n) is 10.5. The Labute approximate surface area is 345 Å². The predicted octanol–water partition coefficient (Wildman–Crippen LogP) is 14.6. The molecule has 0 fully saturated rings. The van der Waals surface area contributed by atoms with E-state index in [1.165, 1.54) is 141 Å². The van der Waals surface area contributed by atoms with Crippen LogP contribution >= 0.6 is 0 Å². The van der Waals surface area contributed by atoms with Crippen LogP contribution in [0.5, 0.6) is 11.5 Å². The van der Waals surface area contributed by atoms with Crippen LogP contribution in [0.15, 0.2) is 77.0 Å². The topological polar surface area (TPSA) is 101 Å². The Kier molecular flexibility index (Phi) is 25.6. The van der Waals surface area contributed by atoms with Gasteiger partial charge >= 0.3 is 0 Å². The lowest BCUT2D eigenvalue weighted by Crippen LogP contribution is -2.41. The molecule has 0 heterocycles. The first-order chi connectivity index (χ1) is 28.0. The second kappa shape index (κ2) is 30.9. The summed E-state index contributed by atoms with van der Waals surface area (Å²) in [7, 11) is 0. The van der Waals surface area contributed by atoms with E-state index in [-0.39, 0.29) is 0 Å². The molecule has 0 aliphatic rings. The quantitative estimate of drug-likeness (QED) is 0.0374. The third kappa shape index (κ3) is 21.8. The summed E-state index contributed by atoms with van der Waals surface area (Å²) in [4.78, 5) is 25.4. The summed E-state index contributed by atoms with van der Waals surface area (Å²) in [5.41, 5.74) is 8.15. The van der Waals surface area contributed by atoms with E-state index in [9.17, 15) is 9.59 Å². The van der Waals surface area contributed by atoms with E-state index in [1.54, 1.807) is 48.5 Å². The Hall–Kier alpha value is -4.20. The number of unbranched alkanes of at least 4 members (excludes halogenated alkanes) is 22. The van der Waals surface area contributed by atoms with Crippen molar-refractivity contribution in [1.82, 2.24) is 10.9 Å². The van der Waals surface area contributed by atoms with Gasteiger partial charge in [-0.15, -0.1) is 0 Å². The van der Waals surface area contributed by atoms with Gasteiger partial charge in [0.2, 0.25) is 0 Å². The Bertz CT molecular complexity index is 1520. The van der Waals surface area contributed by atoms with Crippen molar-refractivity contribution < 1.29 is 19.1 Å². The molecule has 0 saturated heterocycles. The average Bonchev–Trinajstić information content (AvgIpc) is 3.23. The van der Waals surface area contributed by atoms with Crippen molar-refractivity contribution in [1.29, 1.82) is 0 Å². The predicted molar refractivity (Wildman–Crippen MR) is 236 cm³/mol. The molecule has 0 bridgehead atoms. The molecule has 3 rings (SSSR count). The van der Waals surface area contributed by atoms with Crippen LogP contribution in [0.1, 0.15) is 194 Å². The second-order valence-electron chi connectivity index (χ2n) is 15.6. The minimum atomic E-state index is -0.427. The summed E-state index contributed by atoms with van der Waals surface area (Å²) in [5.74, 6) is 0.752. The van der Waals surface area contributed by atoms with Crippen LogP contribution < -0.4 is 20.3 Å². The number of carbonyl (C=O) groups is 2. The third-order valence-corrected chi connectivity index (χ3v) is 10.5. The van der Waals surface area contributed by atoms with Gasteiger partial charge in [-0.25, -0.2) is 0 Å². The highest BCUT2D eigenvalue weighted by molar-refractivity contribution is 5.99. The number of hydrogen-bond acceptors (Lipinski definition) is 6. The average molecular weight is 783 g/mol. The lowest BCUT2D eigenvalue weighted by molar-refractivity contribution is 0.0846. The van der Waals surface area contributed by atoms with Gasteiger partial charge in [0.25, 0.3) is 11.8 Å². The molecule has 8 nitrogen and oxygen atoms in total. The van der Waals surface area contributed by atoms with Crippen molar-refractivity contribution in [2.24, 2.45) is 10.2 Å². The maximum absolute atomic E-state index is 12.7. The molecular weight excluding hydrogens is 709 g/mol. The molecule has 3 aromatic carbocycles. The molecule has 0 spiro atoms. The minimum Gasteiger partial charge on any atom is -0.494 e. The van der Waals surface area contributed by atoms with Crippen molar-refractivity contribution in [3.8, 4) is 11.5 Å². The Morgan fingerprint density at radius 1 is 0.456 bits per heavy atom. The Morgan fingerprint density at radius 2 is 0.825 bits per heavy atom. The Balaban J connectivity index is 1.25. The zero-order valence-electron chi connectivity index (χ0n) is 35.8. The number of amides is 2. The van der Waals surface area contributed by atoms with Gasteiger partial charge in [-0.1, -0.05) is 155 Å². The van der Waals surface area contributed by atoms with Gasteiger partial charge < -0.3 is 9.47 Å². The lowest BCUT2D eigenvalue weighted by Gasteiger charge is -2.09. The normalized spacial score (nSPS) is 11.2. The fraction of sp³-hybridized carbons (Fsp3) is 0.592. The molecule has 0 aliphatic heterocycles. The summed E-state index contributed by atoms with van der Waals surface area (Å²) in [6.07, 6.45) is 31.6. The van der Waals surface area contributed by atoms with Crippen molar-refractivity contribution in [3.05, 3.63) is 83.4 Å². The van der Waals surface area contributed by atoms with Crippen LogP contribution in [0.3, 0.4) is 0 Å². The number of rotatable bonds is 32. The monoisotopic (exact) mass is 783 g/mol. The van der Waals surface area contributed by atoms with Crippen molar-refractivity contribution in [3.63, 3.8) is 0 Å². The van der Waals surface area contributed by atoms with E-state index < -0.39 is 11.8 Å². The maximum Gasteiger partial charge on any atom is 0.269 e. The molecule has 8 heteroatoms. The number of aryl methyl sites for hydroxylation is 1. The number of hydrogen-bond donors (Lipinski definition) is 2. The first kappa shape index (κ1) is 47.2. The standard InChI is InChI=1S/C49H74N4O4/c1-4-6-8-10-12-14-16-18-20-22-24-26-38-56-45-34-30-43(31-35-45)49(55)53-52-48(54)42-28-32-44(33-29-42)50-51-47-37-36-46(40-41(47)3)57-39-27-25-23-21-19-17-15-13-11-9-7-5-2/h28-37,40H,4-27,38-39H2,1-3H3,(H,52,54)(H,53,55). The number of hydrazine groups is 1. The highest BCUT2D eigenvalue weighted by Gasteiger charge is 2.10. The van der Waals surface area contributed by atoms with Gasteiger partial charge in [-0.3, -0.25) is 20.4 Å². The van der Waals surface area contributed by atoms with Crippen LogP contribution in [-0.4, -0.2) is 25.0 Å². The van der Waals surface area contributed by atoms with Gasteiger partial charge in [0, 0.05) is 11.1 Å². The molecule has 0 unspecified atom stereocenters. The molecule has 3 aromatic rings. The molecule has 0 atom stereocenters. The van der Waals surface area contributed by atoms with Gasteiger partial charge in [0.05, 0.1) is 24.6 Å².